The molecule has 2 atom stereocenters. The molecule has 2 aliphatic rings. The first-order chi connectivity index (χ1) is 11.6. The Labute approximate surface area is 149 Å². The molecule has 0 aromatic carbocycles. The van der Waals surface area contributed by atoms with Crippen LogP contribution in [0.3, 0.4) is 0 Å². The van der Waals surface area contributed by atoms with Crippen molar-refractivity contribution in [3.63, 3.8) is 0 Å². The molecule has 24 heavy (non-hydrogen) atoms. The van der Waals surface area contributed by atoms with E-state index in [1.165, 1.54) is 32.1 Å². The Bertz CT molecular complexity index is 483. The van der Waals surface area contributed by atoms with Gasteiger partial charge < -0.3 is 9.80 Å². The van der Waals surface area contributed by atoms with E-state index in [9.17, 15) is 9.59 Å². The molecular weight excluding hydrogens is 324 g/mol. The third-order valence-electron chi connectivity index (χ3n) is 4.51. The fraction of sp³-hybridized carbons (Fsp3) is 0.824. The molecule has 0 radical (unpaired) electrons. The van der Waals surface area contributed by atoms with Crippen LogP contribution >= 0.6 is 11.8 Å². The monoisotopic (exact) mass is 354 g/mol. The van der Waals surface area contributed by atoms with Crippen LogP contribution in [0.1, 0.15) is 58.8 Å². The van der Waals surface area contributed by atoms with Crippen molar-refractivity contribution in [2.75, 3.05) is 19.3 Å². The third kappa shape index (κ3) is 4.43. The van der Waals surface area contributed by atoms with E-state index in [-0.39, 0.29) is 24.1 Å². The van der Waals surface area contributed by atoms with E-state index in [0.717, 1.165) is 30.3 Å². The number of nitrogens with one attached hydrogen (secondary N) is 1. The molecule has 2 rings (SSSR count). The molecule has 0 saturated carbocycles. The first-order valence-electron chi connectivity index (χ1n) is 9.15. The van der Waals surface area contributed by atoms with Crippen LogP contribution in [-0.2, 0) is 4.79 Å². The lowest BCUT2D eigenvalue weighted by Crippen LogP contribution is -2.63. The molecule has 0 aromatic rings. The van der Waals surface area contributed by atoms with Crippen LogP contribution in [0.2, 0.25) is 0 Å². The van der Waals surface area contributed by atoms with Gasteiger partial charge >= 0.3 is 6.03 Å². The molecule has 2 aliphatic heterocycles. The van der Waals surface area contributed by atoms with Crippen molar-refractivity contribution in [2.45, 2.75) is 71.0 Å². The molecule has 0 aliphatic carbocycles. The SMILES string of the molecule is CCCCCCCCN1C(SCCC)=NC2C1C(=O)NC(=O)N2C. The summed E-state index contributed by atoms with van der Waals surface area (Å²) >= 11 is 1.69. The Balaban J connectivity index is 1.98. The highest BCUT2D eigenvalue weighted by molar-refractivity contribution is 8.13. The summed E-state index contributed by atoms with van der Waals surface area (Å²) in [6.07, 6.45) is 7.99. The van der Waals surface area contributed by atoms with Crippen molar-refractivity contribution >= 4 is 28.9 Å². The van der Waals surface area contributed by atoms with Gasteiger partial charge in [-0.15, -0.1) is 0 Å². The van der Waals surface area contributed by atoms with Gasteiger partial charge in [0.15, 0.2) is 17.4 Å². The van der Waals surface area contributed by atoms with E-state index in [4.69, 9.17) is 0 Å². The number of fused-ring (bicyclic) bond motifs is 1. The fourth-order valence-electron chi connectivity index (χ4n) is 3.11. The van der Waals surface area contributed by atoms with Crippen LogP contribution < -0.4 is 5.32 Å². The normalized spacial score (nSPS) is 23.4. The number of imide groups is 1. The second-order valence-corrected chi connectivity index (χ2v) is 7.55. The summed E-state index contributed by atoms with van der Waals surface area (Å²) in [6, 6.07) is -0.728. The summed E-state index contributed by atoms with van der Waals surface area (Å²) in [5.41, 5.74) is 0. The summed E-state index contributed by atoms with van der Waals surface area (Å²) in [7, 11) is 1.71. The highest BCUT2D eigenvalue weighted by Crippen LogP contribution is 2.29. The van der Waals surface area contributed by atoms with Crippen molar-refractivity contribution in [1.29, 1.82) is 0 Å². The highest BCUT2D eigenvalue weighted by atomic mass is 32.2. The minimum absolute atomic E-state index is 0.218. The molecule has 0 spiro atoms. The summed E-state index contributed by atoms with van der Waals surface area (Å²) < 4.78 is 0. The summed E-state index contributed by atoms with van der Waals surface area (Å²) in [5.74, 6) is 0.759. The maximum Gasteiger partial charge on any atom is 0.325 e. The number of amides is 3. The van der Waals surface area contributed by atoms with Crippen LogP contribution in [0.5, 0.6) is 0 Å². The van der Waals surface area contributed by atoms with Crippen molar-refractivity contribution < 1.29 is 9.59 Å². The van der Waals surface area contributed by atoms with Gasteiger partial charge in [-0.2, -0.15) is 0 Å². The molecule has 2 unspecified atom stereocenters. The van der Waals surface area contributed by atoms with Crippen LogP contribution in [0.25, 0.3) is 0 Å². The van der Waals surface area contributed by atoms with Gasteiger partial charge in [0.1, 0.15) is 0 Å². The smallest absolute Gasteiger partial charge is 0.325 e. The van der Waals surface area contributed by atoms with Crippen molar-refractivity contribution in [3.8, 4) is 0 Å². The Kier molecular flexibility index (Phi) is 7.40. The largest absolute Gasteiger partial charge is 0.336 e. The predicted molar refractivity (Wildman–Crippen MR) is 99.1 cm³/mol. The lowest BCUT2D eigenvalue weighted by molar-refractivity contribution is -0.127. The van der Waals surface area contributed by atoms with Gasteiger partial charge in [0.2, 0.25) is 0 Å². The molecule has 1 N–H and O–H groups in total. The Morgan fingerprint density at radius 2 is 1.79 bits per heavy atom. The summed E-state index contributed by atoms with van der Waals surface area (Å²) in [5, 5.41) is 3.36. The van der Waals surface area contributed by atoms with Gasteiger partial charge in [-0.1, -0.05) is 57.7 Å². The van der Waals surface area contributed by atoms with E-state index in [0.29, 0.717) is 0 Å². The van der Waals surface area contributed by atoms with Gasteiger partial charge in [-0.3, -0.25) is 10.1 Å². The topological polar surface area (TPSA) is 65.0 Å². The summed E-state index contributed by atoms with van der Waals surface area (Å²) in [4.78, 5) is 32.5. The van der Waals surface area contributed by atoms with Gasteiger partial charge in [0.25, 0.3) is 5.91 Å². The Morgan fingerprint density at radius 3 is 2.50 bits per heavy atom. The second kappa shape index (κ2) is 9.30. The zero-order valence-corrected chi connectivity index (χ0v) is 15.9. The lowest BCUT2D eigenvalue weighted by Gasteiger charge is -2.36. The van der Waals surface area contributed by atoms with Gasteiger partial charge in [-0.25, -0.2) is 9.79 Å². The number of hydrogen-bond donors (Lipinski definition) is 1. The Morgan fingerprint density at radius 1 is 1.08 bits per heavy atom. The summed E-state index contributed by atoms with van der Waals surface area (Å²) in [6.45, 7) is 5.19. The molecule has 0 bridgehead atoms. The van der Waals surface area contributed by atoms with E-state index < -0.39 is 0 Å². The molecular formula is C17H30N4O2S. The number of carbonyl (C=O) groups excluding carboxylic acids is 2. The number of unbranched alkanes of at least 4 members (excludes halogenated alkanes) is 5. The van der Waals surface area contributed by atoms with E-state index in [1.54, 1.807) is 23.7 Å². The van der Waals surface area contributed by atoms with Crippen LogP contribution in [0.4, 0.5) is 4.79 Å². The number of likely N-dealkylation sites (N-methyl/N-ethyl adjacent to an activating group) is 1. The molecule has 136 valence electrons. The number of hydrogen-bond acceptors (Lipinski definition) is 5. The van der Waals surface area contributed by atoms with E-state index >= 15 is 0 Å². The van der Waals surface area contributed by atoms with Crippen LogP contribution in [0, 0.1) is 0 Å². The Hall–Kier alpha value is -1.24. The maximum absolute atomic E-state index is 12.4. The average molecular weight is 355 g/mol. The maximum atomic E-state index is 12.4. The zero-order valence-electron chi connectivity index (χ0n) is 15.1. The minimum Gasteiger partial charge on any atom is -0.336 e. The number of rotatable bonds is 9. The molecule has 1 saturated heterocycles. The molecule has 6 nitrogen and oxygen atoms in total. The first kappa shape index (κ1) is 19.1. The number of aliphatic imine (C=N–C) groups is 1. The van der Waals surface area contributed by atoms with Gasteiger partial charge in [0, 0.05) is 19.3 Å². The van der Waals surface area contributed by atoms with Crippen molar-refractivity contribution in [2.24, 2.45) is 4.99 Å². The number of amidine groups is 1. The fourth-order valence-corrected chi connectivity index (χ4v) is 4.05. The van der Waals surface area contributed by atoms with E-state index in [1.807, 2.05) is 0 Å². The lowest BCUT2D eigenvalue weighted by atomic mass is 10.1. The minimum atomic E-state index is -0.384. The quantitative estimate of drug-likeness (QED) is 0.646. The van der Waals surface area contributed by atoms with E-state index in [2.05, 4.69) is 29.1 Å². The number of carbonyl (C=O) groups is 2. The molecule has 7 heteroatoms. The number of nitrogens with zero attached hydrogens (tertiary/aromatic N) is 3. The molecule has 2 heterocycles. The van der Waals surface area contributed by atoms with Crippen LogP contribution in [0.15, 0.2) is 4.99 Å². The number of urea groups is 1. The predicted octanol–water partition coefficient (Wildman–Crippen LogP) is 3.04. The molecule has 0 aromatic heterocycles. The van der Waals surface area contributed by atoms with Gasteiger partial charge in [-0.05, 0) is 12.8 Å². The first-order valence-corrected chi connectivity index (χ1v) is 10.1. The standard InChI is InChI=1S/C17H30N4O2S/c1-4-6-7-8-9-10-11-21-13-14(18-17(21)24-12-5-2)20(3)16(23)19-15(13)22/h13-14H,4-12H2,1-3H3,(H,19,22,23). The van der Waals surface area contributed by atoms with Crippen LogP contribution in [-0.4, -0.2) is 58.5 Å². The average Bonchev–Trinajstić information content (AvgIpc) is 2.93. The number of thioether (sulfide) groups is 1. The highest BCUT2D eigenvalue weighted by Gasteiger charge is 2.48. The third-order valence-corrected chi connectivity index (χ3v) is 5.72. The van der Waals surface area contributed by atoms with Gasteiger partial charge in [0.05, 0.1) is 0 Å². The van der Waals surface area contributed by atoms with Crippen molar-refractivity contribution in [1.82, 2.24) is 15.1 Å². The van der Waals surface area contributed by atoms with Crippen molar-refractivity contribution in [3.05, 3.63) is 0 Å². The molecule has 3 amide bonds. The zero-order chi connectivity index (χ0) is 17.5. The molecule has 1 fully saturated rings. The second-order valence-electron chi connectivity index (χ2n) is 6.49.